The highest BCUT2D eigenvalue weighted by molar-refractivity contribution is 5.94. The van der Waals surface area contributed by atoms with Gasteiger partial charge in [0.2, 0.25) is 5.91 Å². The van der Waals surface area contributed by atoms with Crippen LogP contribution in [0.15, 0.2) is 30.6 Å². The second-order valence-corrected chi connectivity index (χ2v) is 4.77. The lowest BCUT2D eigenvalue weighted by Crippen LogP contribution is -2.13. The van der Waals surface area contributed by atoms with Gasteiger partial charge < -0.3 is 15.8 Å². The molecule has 21 heavy (non-hydrogen) atoms. The monoisotopic (exact) mass is 288 g/mol. The van der Waals surface area contributed by atoms with Crippen molar-refractivity contribution in [2.45, 2.75) is 26.4 Å². The zero-order valence-corrected chi connectivity index (χ0v) is 12.5. The van der Waals surface area contributed by atoms with Crippen molar-refractivity contribution in [2.24, 2.45) is 5.73 Å². The van der Waals surface area contributed by atoms with Crippen molar-refractivity contribution in [3.05, 3.63) is 41.7 Å². The molecule has 0 aliphatic rings. The van der Waals surface area contributed by atoms with Gasteiger partial charge in [-0.2, -0.15) is 5.10 Å². The third-order valence-corrected chi connectivity index (χ3v) is 3.33. The van der Waals surface area contributed by atoms with Gasteiger partial charge in [0, 0.05) is 23.9 Å². The number of amides is 1. The number of nitrogens with two attached hydrogens (primary N) is 1. The summed E-state index contributed by atoms with van der Waals surface area (Å²) in [5.74, 6) is 0.196. The molecule has 0 radical (unpaired) electrons. The minimum absolute atomic E-state index is 0.0299. The van der Waals surface area contributed by atoms with E-state index >= 15 is 0 Å². The number of rotatable bonds is 6. The Bertz CT molecular complexity index is 636. The zero-order valence-electron chi connectivity index (χ0n) is 12.5. The van der Waals surface area contributed by atoms with Crippen LogP contribution < -0.4 is 15.8 Å². The van der Waals surface area contributed by atoms with Gasteiger partial charge in [-0.25, -0.2) is 0 Å². The number of methoxy groups -OCH3 is 1. The normalized spacial score (nSPS) is 12.0. The van der Waals surface area contributed by atoms with Crippen molar-refractivity contribution in [3.63, 3.8) is 0 Å². The molecule has 6 heteroatoms. The number of carbonyl (C=O) groups excluding carboxylic acids is 1. The van der Waals surface area contributed by atoms with Crippen molar-refractivity contribution in [2.75, 3.05) is 12.4 Å². The molecule has 6 nitrogen and oxygen atoms in total. The van der Waals surface area contributed by atoms with Crippen LogP contribution in [-0.4, -0.2) is 22.8 Å². The van der Waals surface area contributed by atoms with Gasteiger partial charge in [0.15, 0.2) is 0 Å². The summed E-state index contributed by atoms with van der Waals surface area (Å²) in [4.78, 5) is 11.3. The summed E-state index contributed by atoms with van der Waals surface area (Å²) in [5, 5.41) is 7.58. The highest BCUT2D eigenvalue weighted by Crippen LogP contribution is 2.29. The molecule has 1 amide bonds. The van der Waals surface area contributed by atoms with Crippen LogP contribution in [0.3, 0.4) is 0 Å². The van der Waals surface area contributed by atoms with E-state index in [1.54, 1.807) is 25.3 Å². The molecule has 0 fully saturated rings. The lowest BCUT2D eigenvalue weighted by Gasteiger charge is -2.17. The summed E-state index contributed by atoms with van der Waals surface area (Å²) in [5.41, 5.74) is 7.54. The summed E-state index contributed by atoms with van der Waals surface area (Å²) in [6, 6.07) is 5.10. The highest BCUT2D eigenvalue weighted by atomic mass is 16.5. The Morgan fingerprint density at radius 1 is 1.52 bits per heavy atom. The van der Waals surface area contributed by atoms with Crippen molar-refractivity contribution >= 4 is 11.6 Å². The average Bonchev–Trinajstić information content (AvgIpc) is 2.96. The molecule has 1 atom stereocenters. The number of benzene rings is 1. The van der Waals surface area contributed by atoms with Crippen LogP contribution in [0, 0.1) is 0 Å². The third kappa shape index (κ3) is 3.34. The van der Waals surface area contributed by atoms with Crippen LogP contribution in [0.4, 0.5) is 5.69 Å². The Morgan fingerprint density at radius 2 is 2.29 bits per heavy atom. The molecule has 0 saturated heterocycles. The van der Waals surface area contributed by atoms with Crippen molar-refractivity contribution in [1.82, 2.24) is 9.78 Å². The van der Waals surface area contributed by atoms with Gasteiger partial charge in [-0.05, 0) is 32.0 Å². The van der Waals surface area contributed by atoms with E-state index in [2.05, 4.69) is 10.4 Å². The number of hydrogen-bond donors (Lipinski definition) is 2. The molecule has 0 saturated carbocycles. The molecule has 1 heterocycles. The molecule has 112 valence electrons. The predicted molar refractivity (Wildman–Crippen MR) is 81.5 cm³/mol. The second-order valence-electron chi connectivity index (χ2n) is 4.77. The summed E-state index contributed by atoms with van der Waals surface area (Å²) in [7, 11) is 1.59. The molecule has 1 unspecified atom stereocenters. The number of carbonyl (C=O) groups is 1. The molecule has 3 N–H and O–H groups in total. The maximum absolute atomic E-state index is 11.3. The topological polar surface area (TPSA) is 82.2 Å². The maximum Gasteiger partial charge on any atom is 0.248 e. The summed E-state index contributed by atoms with van der Waals surface area (Å²) >= 11 is 0. The molecule has 1 aromatic heterocycles. The van der Waals surface area contributed by atoms with Gasteiger partial charge in [0.1, 0.15) is 5.75 Å². The van der Waals surface area contributed by atoms with Crippen LogP contribution in [0.1, 0.15) is 35.8 Å². The number of aromatic nitrogens is 2. The molecule has 0 aliphatic heterocycles. The van der Waals surface area contributed by atoms with E-state index in [-0.39, 0.29) is 6.04 Å². The zero-order chi connectivity index (χ0) is 15.4. The Hall–Kier alpha value is -2.50. The Labute approximate surface area is 123 Å². The van der Waals surface area contributed by atoms with E-state index in [1.165, 1.54) is 0 Å². The standard InChI is InChI=1S/C15H20N4O2/c1-4-19-9-12(8-17-19)10(2)18-13-7-11(15(16)20)5-6-14(13)21-3/h5-10,18H,4H2,1-3H3,(H2,16,20). The van der Waals surface area contributed by atoms with Crippen LogP contribution in [0.25, 0.3) is 0 Å². The SMILES string of the molecule is CCn1cc(C(C)Nc2cc(C(N)=O)ccc2OC)cn1. The number of primary amides is 1. The van der Waals surface area contributed by atoms with E-state index in [4.69, 9.17) is 10.5 Å². The number of nitrogens with zero attached hydrogens (tertiary/aromatic N) is 2. The number of hydrogen-bond acceptors (Lipinski definition) is 4. The first kappa shape index (κ1) is 14.9. The molecular formula is C15H20N4O2. The van der Waals surface area contributed by atoms with Crippen molar-refractivity contribution < 1.29 is 9.53 Å². The van der Waals surface area contributed by atoms with Gasteiger partial charge >= 0.3 is 0 Å². The molecule has 0 bridgehead atoms. The Morgan fingerprint density at radius 3 is 2.86 bits per heavy atom. The first-order chi connectivity index (χ1) is 10.0. The molecule has 1 aromatic carbocycles. The number of ether oxygens (including phenoxy) is 1. The molecule has 2 rings (SSSR count). The lowest BCUT2D eigenvalue weighted by molar-refractivity contribution is 0.100. The minimum atomic E-state index is -0.466. The number of aryl methyl sites for hydroxylation is 1. The summed E-state index contributed by atoms with van der Waals surface area (Å²) in [6.45, 7) is 4.88. The Kier molecular flexibility index (Phi) is 4.47. The minimum Gasteiger partial charge on any atom is -0.495 e. The van der Waals surface area contributed by atoms with Gasteiger partial charge in [-0.3, -0.25) is 9.48 Å². The van der Waals surface area contributed by atoms with E-state index < -0.39 is 5.91 Å². The highest BCUT2D eigenvalue weighted by Gasteiger charge is 2.12. The van der Waals surface area contributed by atoms with Crippen LogP contribution in [-0.2, 0) is 6.54 Å². The molecular weight excluding hydrogens is 268 g/mol. The van der Waals surface area contributed by atoms with E-state index in [0.29, 0.717) is 11.3 Å². The van der Waals surface area contributed by atoms with Gasteiger partial charge in [-0.1, -0.05) is 0 Å². The van der Waals surface area contributed by atoms with E-state index in [9.17, 15) is 4.79 Å². The van der Waals surface area contributed by atoms with Crippen LogP contribution >= 0.6 is 0 Å². The number of nitrogens with one attached hydrogen (secondary N) is 1. The van der Waals surface area contributed by atoms with E-state index in [0.717, 1.165) is 17.8 Å². The fourth-order valence-electron chi connectivity index (χ4n) is 2.07. The second kappa shape index (κ2) is 6.30. The molecule has 2 aromatic rings. The fraction of sp³-hybridized carbons (Fsp3) is 0.333. The molecule has 0 aliphatic carbocycles. The first-order valence-electron chi connectivity index (χ1n) is 6.81. The lowest BCUT2D eigenvalue weighted by atomic mass is 10.1. The number of anilines is 1. The molecule has 0 spiro atoms. The van der Waals surface area contributed by atoms with Gasteiger partial charge in [0.05, 0.1) is 25.0 Å². The quantitative estimate of drug-likeness (QED) is 0.853. The third-order valence-electron chi connectivity index (χ3n) is 3.33. The largest absolute Gasteiger partial charge is 0.495 e. The average molecular weight is 288 g/mol. The van der Waals surface area contributed by atoms with E-state index in [1.807, 2.05) is 30.9 Å². The predicted octanol–water partition coefficient (Wildman–Crippen LogP) is 2.18. The first-order valence-corrected chi connectivity index (χ1v) is 6.81. The van der Waals surface area contributed by atoms with Crippen LogP contribution in [0.2, 0.25) is 0 Å². The Balaban J connectivity index is 2.24. The van der Waals surface area contributed by atoms with Gasteiger partial charge in [0.25, 0.3) is 0 Å². The smallest absolute Gasteiger partial charge is 0.248 e. The fourth-order valence-corrected chi connectivity index (χ4v) is 2.07. The van der Waals surface area contributed by atoms with Crippen LogP contribution in [0.5, 0.6) is 5.75 Å². The maximum atomic E-state index is 11.3. The van der Waals surface area contributed by atoms with Crippen molar-refractivity contribution in [3.8, 4) is 5.75 Å². The van der Waals surface area contributed by atoms with Crippen molar-refractivity contribution in [1.29, 1.82) is 0 Å². The summed E-state index contributed by atoms with van der Waals surface area (Å²) in [6.07, 6.45) is 3.81. The summed E-state index contributed by atoms with van der Waals surface area (Å²) < 4.78 is 7.17. The van der Waals surface area contributed by atoms with Gasteiger partial charge in [-0.15, -0.1) is 0 Å².